The molecular weight excluding hydrogens is 271 g/mol. The number of anilines is 2. The Hall–Kier alpha value is -1.65. The van der Waals surface area contributed by atoms with Crippen molar-refractivity contribution in [3.8, 4) is 0 Å². The van der Waals surface area contributed by atoms with Crippen LogP contribution in [0, 0.1) is 5.82 Å². The molecule has 0 unspecified atom stereocenters. The van der Waals surface area contributed by atoms with E-state index >= 15 is 0 Å². The molecule has 0 aliphatic rings. The number of hydrogen-bond acceptors (Lipinski definition) is 2. The Morgan fingerprint density at radius 1 is 1.17 bits per heavy atom. The number of thiocarbonyl (C=S) groups is 1. The fourth-order valence-corrected chi connectivity index (χ4v) is 1.81. The van der Waals surface area contributed by atoms with Gasteiger partial charge in [-0.2, -0.15) is 0 Å². The van der Waals surface area contributed by atoms with Gasteiger partial charge in [0.1, 0.15) is 10.8 Å². The van der Waals surface area contributed by atoms with E-state index in [1.54, 1.807) is 6.07 Å². The maximum absolute atomic E-state index is 12.9. The van der Waals surface area contributed by atoms with Crippen LogP contribution in [-0.4, -0.2) is 4.99 Å². The second-order valence-corrected chi connectivity index (χ2v) is 4.54. The molecule has 0 bridgehead atoms. The fraction of sp³-hybridized carbons (Fsp3) is 0. The maximum Gasteiger partial charge on any atom is 0.124 e. The number of hydrogen-bond donors (Lipinski definition) is 2. The highest BCUT2D eigenvalue weighted by Gasteiger charge is 2.03. The molecule has 2 nitrogen and oxygen atoms in total. The molecule has 0 aliphatic carbocycles. The van der Waals surface area contributed by atoms with Crippen LogP contribution in [0.3, 0.4) is 0 Å². The van der Waals surface area contributed by atoms with E-state index in [0.717, 1.165) is 11.3 Å². The Balaban J connectivity index is 2.21. The smallest absolute Gasteiger partial charge is 0.124 e. The molecule has 2 rings (SSSR count). The first-order valence-electron chi connectivity index (χ1n) is 5.18. The zero-order chi connectivity index (χ0) is 13.1. The van der Waals surface area contributed by atoms with Crippen molar-refractivity contribution in [2.45, 2.75) is 0 Å². The summed E-state index contributed by atoms with van der Waals surface area (Å²) in [5.41, 5.74) is 7.76. The van der Waals surface area contributed by atoms with E-state index in [1.807, 2.05) is 24.3 Å². The van der Waals surface area contributed by atoms with Crippen LogP contribution in [0.2, 0.25) is 5.02 Å². The second-order valence-electron chi connectivity index (χ2n) is 3.69. The molecule has 0 heterocycles. The minimum Gasteiger partial charge on any atom is -0.389 e. The molecule has 0 aromatic heterocycles. The molecule has 0 aliphatic heterocycles. The predicted molar refractivity (Wildman–Crippen MR) is 77.0 cm³/mol. The van der Waals surface area contributed by atoms with Gasteiger partial charge in [-0.1, -0.05) is 23.8 Å². The Labute approximate surface area is 115 Å². The van der Waals surface area contributed by atoms with Gasteiger partial charge in [0.2, 0.25) is 0 Å². The van der Waals surface area contributed by atoms with E-state index in [9.17, 15) is 4.39 Å². The van der Waals surface area contributed by atoms with Gasteiger partial charge in [-0.05, 0) is 42.5 Å². The lowest BCUT2D eigenvalue weighted by Crippen LogP contribution is -2.08. The van der Waals surface area contributed by atoms with Gasteiger partial charge in [0.05, 0.1) is 10.7 Å². The lowest BCUT2D eigenvalue weighted by molar-refractivity contribution is 0.628. The molecule has 0 atom stereocenters. The molecule has 92 valence electrons. The van der Waals surface area contributed by atoms with Gasteiger partial charge in [0, 0.05) is 11.3 Å². The Morgan fingerprint density at radius 3 is 2.39 bits per heavy atom. The second kappa shape index (κ2) is 5.33. The van der Waals surface area contributed by atoms with Crippen molar-refractivity contribution in [2.75, 3.05) is 5.32 Å². The summed E-state index contributed by atoms with van der Waals surface area (Å²) in [5.74, 6) is -0.366. The zero-order valence-electron chi connectivity index (χ0n) is 9.28. The first-order chi connectivity index (χ1) is 8.56. The third kappa shape index (κ3) is 2.97. The zero-order valence-corrected chi connectivity index (χ0v) is 10.9. The molecular formula is C13H10ClFN2S. The highest BCUT2D eigenvalue weighted by Crippen LogP contribution is 2.26. The minimum absolute atomic E-state index is 0.327. The summed E-state index contributed by atoms with van der Waals surface area (Å²) in [6.07, 6.45) is 0. The molecule has 5 heteroatoms. The summed E-state index contributed by atoms with van der Waals surface area (Å²) in [5, 5.41) is 3.41. The molecule has 2 aromatic rings. The minimum atomic E-state index is -0.366. The first-order valence-corrected chi connectivity index (χ1v) is 5.97. The standard InChI is InChI=1S/C13H10ClFN2S/c14-11-7-9(15)3-6-12(11)17-10-4-1-8(2-5-10)13(16)18/h1-7,17H,(H2,16,18). The van der Waals surface area contributed by atoms with E-state index in [2.05, 4.69) is 5.32 Å². The molecule has 0 fully saturated rings. The van der Waals surface area contributed by atoms with Gasteiger partial charge in [0.25, 0.3) is 0 Å². The van der Waals surface area contributed by atoms with Gasteiger partial charge in [-0.3, -0.25) is 0 Å². The Kier molecular flexibility index (Phi) is 3.79. The van der Waals surface area contributed by atoms with E-state index in [1.165, 1.54) is 12.1 Å². The Morgan fingerprint density at radius 2 is 1.83 bits per heavy atom. The summed E-state index contributed by atoms with van der Waals surface area (Å²) in [6.45, 7) is 0. The highest BCUT2D eigenvalue weighted by molar-refractivity contribution is 7.80. The van der Waals surface area contributed by atoms with E-state index in [0.29, 0.717) is 15.7 Å². The Bertz CT molecular complexity index is 584. The van der Waals surface area contributed by atoms with Crippen LogP contribution in [0.1, 0.15) is 5.56 Å². The van der Waals surface area contributed by atoms with Crippen molar-refractivity contribution >= 4 is 40.2 Å². The molecule has 2 aromatic carbocycles. The van der Waals surface area contributed by atoms with Gasteiger partial charge >= 0.3 is 0 Å². The number of halogens is 2. The van der Waals surface area contributed by atoms with Crippen molar-refractivity contribution in [3.05, 3.63) is 58.9 Å². The van der Waals surface area contributed by atoms with Gasteiger partial charge in [-0.25, -0.2) is 4.39 Å². The molecule has 18 heavy (non-hydrogen) atoms. The normalized spacial score (nSPS) is 10.1. The molecule has 0 radical (unpaired) electrons. The van der Waals surface area contributed by atoms with Crippen LogP contribution >= 0.6 is 23.8 Å². The quantitative estimate of drug-likeness (QED) is 0.839. The predicted octanol–water partition coefficient (Wildman–Crippen LogP) is 3.86. The molecule has 0 spiro atoms. The van der Waals surface area contributed by atoms with E-state index in [-0.39, 0.29) is 5.82 Å². The topological polar surface area (TPSA) is 38.0 Å². The van der Waals surface area contributed by atoms with Crippen molar-refractivity contribution in [3.63, 3.8) is 0 Å². The van der Waals surface area contributed by atoms with Crippen molar-refractivity contribution < 1.29 is 4.39 Å². The molecule has 3 N–H and O–H groups in total. The SMILES string of the molecule is NC(=S)c1ccc(Nc2ccc(F)cc2Cl)cc1. The fourth-order valence-electron chi connectivity index (χ4n) is 1.46. The maximum atomic E-state index is 12.9. The monoisotopic (exact) mass is 280 g/mol. The van der Waals surface area contributed by atoms with E-state index < -0.39 is 0 Å². The largest absolute Gasteiger partial charge is 0.389 e. The first kappa shape index (κ1) is 12.8. The lowest BCUT2D eigenvalue weighted by atomic mass is 10.2. The number of nitrogens with two attached hydrogens (primary N) is 1. The number of rotatable bonds is 3. The number of nitrogens with one attached hydrogen (secondary N) is 1. The molecule has 0 saturated heterocycles. The van der Waals surface area contributed by atoms with Gasteiger partial charge in [0.15, 0.2) is 0 Å². The van der Waals surface area contributed by atoms with Crippen LogP contribution in [0.15, 0.2) is 42.5 Å². The van der Waals surface area contributed by atoms with Crippen LogP contribution < -0.4 is 11.1 Å². The third-order valence-electron chi connectivity index (χ3n) is 2.38. The van der Waals surface area contributed by atoms with Crippen LogP contribution in [-0.2, 0) is 0 Å². The summed E-state index contributed by atoms with van der Waals surface area (Å²) in [4.78, 5) is 0.348. The summed E-state index contributed by atoms with van der Waals surface area (Å²) in [7, 11) is 0. The van der Waals surface area contributed by atoms with Crippen molar-refractivity contribution in [1.29, 1.82) is 0 Å². The van der Waals surface area contributed by atoms with Crippen molar-refractivity contribution in [2.24, 2.45) is 5.73 Å². The number of benzene rings is 2. The summed E-state index contributed by atoms with van der Waals surface area (Å²) in [6, 6.07) is 11.5. The van der Waals surface area contributed by atoms with E-state index in [4.69, 9.17) is 29.6 Å². The van der Waals surface area contributed by atoms with Crippen molar-refractivity contribution in [1.82, 2.24) is 0 Å². The highest BCUT2D eigenvalue weighted by atomic mass is 35.5. The summed E-state index contributed by atoms with van der Waals surface area (Å²) >= 11 is 10.8. The van der Waals surface area contributed by atoms with Crippen LogP contribution in [0.4, 0.5) is 15.8 Å². The van der Waals surface area contributed by atoms with Crippen LogP contribution in [0.25, 0.3) is 0 Å². The lowest BCUT2D eigenvalue weighted by Gasteiger charge is -2.09. The molecule has 0 saturated carbocycles. The average Bonchev–Trinajstić information content (AvgIpc) is 2.33. The van der Waals surface area contributed by atoms with Gasteiger partial charge in [-0.15, -0.1) is 0 Å². The third-order valence-corrected chi connectivity index (χ3v) is 2.93. The van der Waals surface area contributed by atoms with Crippen LogP contribution in [0.5, 0.6) is 0 Å². The average molecular weight is 281 g/mol. The molecule has 0 amide bonds. The summed E-state index contributed by atoms with van der Waals surface area (Å²) < 4.78 is 12.9. The van der Waals surface area contributed by atoms with Gasteiger partial charge < -0.3 is 11.1 Å².